The fraction of sp³-hybridized carbons (Fsp3) is 0.795. The van der Waals surface area contributed by atoms with Crippen LogP contribution in [0.15, 0.2) is 48.6 Å². The van der Waals surface area contributed by atoms with Gasteiger partial charge in [-0.15, -0.1) is 0 Å². The summed E-state index contributed by atoms with van der Waals surface area (Å²) < 4.78 is 0. The van der Waals surface area contributed by atoms with Crippen molar-refractivity contribution in [2.45, 2.75) is 155 Å². The smallest absolute Gasteiger partial charge is 0.0789 e. The number of hydrogen-bond donors (Lipinski definition) is 3. The largest absolute Gasteiger partial charge is 0.392 e. The number of hydrogen-bond acceptors (Lipinski definition) is 5. The van der Waals surface area contributed by atoms with Crippen LogP contribution in [0.25, 0.3) is 0 Å². The van der Waals surface area contributed by atoms with Crippen molar-refractivity contribution in [3.05, 3.63) is 48.6 Å². The van der Waals surface area contributed by atoms with Crippen LogP contribution in [0.1, 0.15) is 143 Å². The molecular weight excluding hydrogens is 542 g/mol. The maximum absolute atomic E-state index is 10.3. The molecule has 0 heterocycles. The monoisotopic (exact) mass is 618 g/mol. The predicted octanol–water partition coefficient (Wildman–Crippen LogP) is 8.97. The molecule has 0 spiro atoms. The van der Waals surface area contributed by atoms with Gasteiger partial charge in [0.25, 0.3) is 0 Å². The van der Waals surface area contributed by atoms with E-state index >= 15 is 0 Å². The lowest BCUT2D eigenvalue weighted by molar-refractivity contribution is 0.0992. The Kier molecular flexibility index (Phi) is 33.7. The number of allylic oxidation sites excluding steroid dienone is 7. The summed E-state index contributed by atoms with van der Waals surface area (Å²) in [6.45, 7) is 12.0. The molecule has 2 atom stereocenters. The van der Waals surface area contributed by atoms with Crippen LogP contribution < -0.4 is 5.73 Å². The molecule has 0 aliphatic rings. The first-order chi connectivity index (χ1) is 21.6. The lowest BCUT2D eigenvalue weighted by Gasteiger charge is -2.27. The Hall–Kier alpha value is -1.24. The molecule has 5 heteroatoms. The summed E-state index contributed by atoms with van der Waals surface area (Å²) in [6, 6.07) is 0. The minimum atomic E-state index is -0.488. The number of aliphatic hydroxyl groups excluding tert-OH is 2. The van der Waals surface area contributed by atoms with E-state index in [9.17, 15) is 10.2 Å². The molecule has 0 radical (unpaired) electrons. The van der Waals surface area contributed by atoms with Gasteiger partial charge in [-0.2, -0.15) is 0 Å². The van der Waals surface area contributed by atoms with Crippen molar-refractivity contribution in [1.82, 2.24) is 9.80 Å². The summed E-state index contributed by atoms with van der Waals surface area (Å²) >= 11 is 0. The van der Waals surface area contributed by atoms with Crippen molar-refractivity contribution in [1.29, 1.82) is 0 Å². The third kappa shape index (κ3) is 30.8. The molecule has 0 amide bonds. The maximum Gasteiger partial charge on any atom is 0.0789 e. The van der Waals surface area contributed by atoms with Gasteiger partial charge in [-0.05, 0) is 90.3 Å². The third-order valence-corrected chi connectivity index (χ3v) is 8.25. The van der Waals surface area contributed by atoms with Gasteiger partial charge >= 0.3 is 0 Å². The molecule has 258 valence electrons. The van der Waals surface area contributed by atoms with E-state index in [4.69, 9.17) is 5.73 Å². The number of nitrogens with two attached hydrogens (primary N) is 1. The van der Waals surface area contributed by atoms with Crippen LogP contribution in [0, 0.1) is 0 Å². The quantitative estimate of drug-likeness (QED) is 0.0506. The van der Waals surface area contributed by atoms with Gasteiger partial charge in [-0.3, -0.25) is 4.90 Å². The molecule has 5 nitrogen and oxygen atoms in total. The number of rotatable bonds is 33. The number of nitrogens with zero attached hydrogens (tertiary/aromatic N) is 2. The Labute approximate surface area is 274 Å². The van der Waals surface area contributed by atoms with Crippen molar-refractivity contribution in [2.75, 3.05) is 45.8 Å². The summed E-state index contributed by atoms with van der Waals surface area (Å²) in [7, 11) is 0. The maximum atomic E-state index is 10.3. The van der Waals surface area contributed by atoms with E-state index < -0.39 is 6.10 Å². The van der Waals surface area contributed by atoms with E-state index in [1.54, 1.807) is 0 Å². The highest BCUT2D eigenvalue weighted by Crippen LogP contribution is 2.10. The van der Waals surface area contributed by atoms with Gasteiger partial charge in [0, 0.05) is 26.2 Å². The van der Waals surface area contributed by atoms with Crippen LogP contribution in [0.3, 0.4) is 0 Å². The zero-order valence-corrected chi connectivity index (χ0v) is 29.5. The molecule has 2 unspecified atom stereocenters. The average molecular weight is 618 g/mol. The van der Waals surface area contributed by atoms with Gasteiger partial charge in [0.2, 0.25) is 0 Å². The van der Waals surface area contributed by atoms with Gasteiger partial charge in [-0.25, -0.2) is 0 Å². The second-order valence-electron chi connectivity index (χ2n) is 12.6. The molecule has 0 aromatic heterocycles. The van der Waals surface area contributed by atoms with Crippen molar-refractivity contribution in [3.63, 3.8) is 0 Å². The SMILES string of the molecule is CCCCC/C=C\C/C=C\CN(CCCN(CCCCCCCC/C=C/C/C=C/CCCCC)CC(O)CC)CC(O)CN. The van der Waals surface area contributed by atoms with Crippen LogP contribution in [0.2, 0.25) is 0 Å². The minimum absolute atomic E-state index is 0.257. The molecule has 0 aromatic carbocycles. The van der Waals surface area contributed by atoms with Crippen molar-refractivity contribution in [3.8, 4) is 0 Å². The summed E-state index contributed by atoms with van der Waals surface area (Å²) in [4.78, 5) is 4.77. The minimum Gasteiger partial charge on any atom is -0.392 e. The Balaban J connectivity index is 4.28. The molecule has 0 aromatic rings. The van der Waals surface area contributed by atoms with Crippen LogP contribution >= 0.6 is 0 Å². The Morgan fingerprint density at radius 2 is 0.955 bits per heavy atom. The molecule has 0 aliphatic carbocycles. The zero-order valence-electron chi connectivity index (χ0n) is 29.5. The Morgan fingerprint density at radius 3 is 1.50 bits per heavy atom. The highest BCUT2D eigenvalue weighted by Gasteiger charge is 2.13. The van der Waals surface area contributed by atoms with Crippen LogP contribution in [0.5, 0.6) is 0 Å². The summed E-state index contributed by atoms with van der Waals surface area (Å²) in [6.07, 6.45) is 40.6. The summed E-state index contributed by atoms with van der Waals surface area (Å²) in [5, 5.41) is 20.5. The fourth-order valence-corrected chi connectivity index (χ4v) is 5.32. The Morgan fingerprint density at radius 1 is 0.500 bits per heavy atom. The van der Waals surface area contributed by atoms with Gasteiger partial charge in [0.05, 0.1) is 12.2 Å². The summed E-state index contributed by atoms with van der Waals surface area (Å²) in [5.41, 5.74) is 5.72. The molecule has 0 rings (SSSR count). The molecule has 0 saturated heterocycles. The molecule has 0 saturated carbocycles. The molecule has 0 bridgehead atoms. The number of unbranched alkanes of at least 4 members (excludes halogenated alkanes) is 12. The van der Waals surface area contributed by atoms with Crippen molar-refractivity contribution in [2.24, 2.45) is 5.73 Å². The normalized spacial score (nSPS) is 14.1. The van der Waals surface area contributed by atoms with Gasteiger partial charge in [0.15, 0.2) is 0 Å². The first-order valence-corrected chi connectivity index (χ1v) is 18.7. The van der Waals surface area contributed by atoms with Crippen molar-refractivity contribution < 1.29 is 10.2 Å². The van der Waals surface area contributed by atoms with Gasteiger partial charge < -0.3 is 20.8 Å². The molecule has 4 N–H and O–H groups in total. The van der Waals surface area contributed by atoms with Crippen molar-refractivity contribution >= 4 is 0 Å². The lowest BCUT2D eigenvalue weighted by atomic mass is 10.1. The van der Waals surface area contributed by atoms with E-state index in [-0.39, 0.29) is 6.10 Å². The van der Waals surface area contributed by atoms with Crippen LogP contribution in [-0.2, 0) is 0 Å². The standard InChI is InChI=1S/C39H75N3O2/c1-4-7-9-11-13-15-16-17-18-19-20-21-23-25-26-28-31-41(36-38(43)6-3)33-30-34-42(37-39(44)35-40)32-29-27-24-22-14-12-10-8-5-2/h13-15,17-18,22,27,29,38-39,43-44H,4-12,16,19-21,23-26,28,30-37,40H2,1-3H3/b15-13+,18-17+,22-14-,29-27-. The summed E-state index contributed by atoms with van der Waals surface area (Å²) in [5.74, 6) is 0. The first-order valence-electron chi connectivity index (χ1n) is 18.7. The van der Waals surface area contributed by atoms with E-state index in [0.717, 1.165) is 58.4 Å². The third-order valence-electron chi connectivity index (χ3n) is 8.25. The zero-order chi connectivity index (χ0) is 32.4. The molecule has 0 fully saturated rings. The molecular formula is C39H75N3O2. The molecule has 0 aliphatic heterocycles. The van der Waals surface area contributed by atoms with Crippen LogP contribution in [0.4, 0.5) is 0 Å². The Bertz CT molecular complexity index is 691. The highest BCUT2D eigenvalue weighted by atomic mass is 16.3. The predicted molar refractivity (Wildman–Crippen MR) is 195 cm³/mol. The molecule has 44 heavy (non-hydrogen) atoms. The van der Waals surface area contributed by atoms with E-state index in [0.29, 0.717) is 13.1 Å². The van der Waals surface area contributed by atoms with Gasteiger partial charge in [-0.1, -0.05) is 121 Å². The van der Waals surface area contributed by atoms with E-state index in [1.165, 1.54) is 96.3 Å². The van der Waals surface area contributed by atoms with E-state index in [2.05, 4.69) is 79.2 Å². The average Bonchev–Trinajstić information content (AvgIpc) is 3.03. The topological polar surface area (TPSA) is 73.0 Å². The second kappa shape index (κ2) is 34.6. The number of aliphatic hydroxyl groups is 2. The van der Waals surface area contributed by atoms with Gasteiger partial charge in [0.1, 0.15) is 0 Å². The highest BCUT2D eigenvalue weighted by molar-refractivity contribution is 4.94. The second-order valence-corrected chi connectivity index (χ2v) is 12.6. The fourth-order valence-electron chi connectivity index (χ4n) is 5.32. The lowest BCUT2D eigenvalue weighted by Crippen LogP contribution is -2.39. The first kappa shape index (κ1) is 42.8. The van der Waals surface area contributed by atoms with Crippen LogP contribution in [-0.4, -0.2) is 78.0 Å². The van der Waals surface area contributed by atoms with E-state index in [1.807, 2.05) is 0 Å².